The summed E-state index contributed by atoms with van der Waals surface area (Å²) in [6, 6.07) is 8.23. The van der Waals surface area contributed by atoms with Gasteiger partial charge in [-0.25, -0.2) is 9.59 Å². The Morgan fingerprint density at radius 1 is 1.38 bits per heavy atom. The van der Waals surface area contributed by atoms with Crippen LogP contribution in [0.1, 0.15) is 18.4 Å². The van der Waals surface area contributed by atoms with E-state index in [0.717, 1.165) is 11.8 Å². The lowest BCUT2D eigenvalue weighted by Crippen LogP contribution is -2.49. The number of amides is 1. The molecule has 6 nitrogen and oxygen atoms in total. The van der Waals surface area contributed by atoms with Gasteiger partial charge in [0.2, 0.25) is 0 Å². The first-order chi connectivity index (χ1) is 11.6. The second kappa shape index (κ2) is 7.77. The van der Waals surface area contributed by atoms with Crippen molar-refractivity contribution in [2.75, 3.05) is 13.7 Å². The zero-order valence-electron chi connectivity index (χ0n) is 13.6. The molecule has 1 amide bonds. The Bertz CT molecular complexity index is 615. The van der Waals surface area contributed by atoms with E-state index >= 15 is 0 Å². The predicted octanol–water partition coefficient (Wildman–Crippen LogP) is 2.33. The highest BCUT2D eigenvalue weighted by atomic mass is 16.6. The monoisotopic (exact) mass is 331 g/mol. The third kappa shape index (κ3) is 3.48. The second-order valence-corrected chi connectivity index (χ2v) is 5.75. The molecule has 2 atom stereocenters. The quantitative estimate of drug-likeness (QED) is 0.454. The van der Waals surface area contributed by atoms with E-state index in [2.05, 4.69) is 6.58 Å². The lowest BCUT2D eigenvalue weighted by atomic mass is 9.78. The number of nitrogens with zero attached hydrogens (tertiary/aromatic N) is 1. The Kier molecular flexibility index (Phi) is 5.73. The molecule has 0 aromatic heterocycles. The number of allylic oxidation sites excluding steroid dienone is 1. The van der Waals surface area contributed by atoms with E-state index in [0.29, 0.717) is 12.8 Å². The van der Waals surface area contributed by atoms with Crippen molar-refractivity contribution in [2.24, 2.45) is 5.41 Å². The summed E-state index contributed by atoms with van der Waals surface area (Å²) in [6.45, 7) is 3.98. The van der Waals surface area contributed by atoms with Crippen molar-refractivity contribution in [3.8, 4) is 0 Å². The number of carbonyl (C=O) groups is 3. The van der Waals surface area contributed by atoms with Crippen LogP contribution in [0.25, 0.3) is 0 Å². The third-order valence-corrected chi connectivity index (χ3v) is 4.30. The Labute approximate surface area is 141 Å². The molecule has 0 bridgehead atoms. The van der Waals surface area contributed by atoms with Crippen LogP contribution in [0.4, 0.5) is 4.79 Å². The molecule has 1 heterocycles. The van der Waals surface area contributed by atoms with E-state index in [-0.39, 0.29) is 13.2 Å². The summed E-state index contributed by atoms with van der Waals surface area (Å²) in [7, 11) is 1.23. The van der Waals surface area contributed by atoms with Gasteiger partial charge in [-0.05, 0) is 18.4 Å². The molecule has 1 fully saturated rings. The lowest BCUT2D eigenvalue weighted by Gasteiger charge is -2.30. The first-order valence-electron chi connectivity index (χ1n) is 7.70. The average molecular weight is 331 g/mol. The van der Waals surface area contributed by atoms with Crippen molar-refractivity contribution >= 4 is 18.3 Å². The van der Waals surface area contributed by atoms with E-state index < -0.39 is 23.5 Å². The Morgan fingerprint density at radius 2 is 2.08 bits per heavy atom. The minimum Gasteiger partial charge on any atom is -0.467 e. The summed E-state index contributed by atoms with van der Waals surface area (Å²) in [4.78, 5) is 37.5. The molecule has 0 radical (unpaired) electrons. The van der Waals surface area contributed by atoms with Crippen LogP contribution in [0.5, 0.6) is 0 Å². The molecule has 0 unspecified atom stereocenters. The highest BCUT2D eigenvalue weighted by molar-refractivity contribution is 5.87. The maximum absolute atomic E-state index is 12.4. The fourth-order valence-electron chi connectivity index (χ4n) is 3.03. The number of hydrogen-bond acceptors (Lipinski definition) is 5. The third-order valence-electron chi connectivity index (χ3n) is 4.30. The van der Waals surface area contributed by atoms with Gasteiger partial charge in [0.05, 0.1) is 12.5 Å². The number of esters is 1. The summed E-state index contributed by atoms with van der Waals surface area (Å²) in [5.41, 5.74) is -0.173. The number of likely N-dealkylation sites (tertiary alicyclic amines) is 1. The van der Waals surface area contributed by atoms with Gasteiger partial charge in [0.15, 0.2) is 0 Å². The summed E-state index contributed by atoms with van der Waals surface area (Å²) < 4.78 is 10.1. The molecule has 128 valence electrons. The maximum Gasteiger partial charge on any atom is 0.410 e. The van der Waals surface area contributed by atoms with Gasteiger partial charge < -0.3 is 14.3 Å². The number of ether oxygens (including phenoxy) is 2. The fourth-order valence-corrected chi connectivity index (χ4v) is 3.03. The average Bonchev–Trinajstić information content (AvgIpc) is 3.00. The highest BCUT2D eigenvalue weighted by Crippen LogP contribution is 2.39. The van der Waals surface area contributed by atoms with Gasteiger partial charge >= 0.3 is 12.1 Å². The Hall–Kier alpha value is -2.63. The molecule has 24 heavy (non-hydrogen) atoms. The van der Waals surface area contributed by atoms with E-state index in [4.69, 9.17) is 9.47 Å². The normalized spacial score (nSPS) is 22.7. The maximum atomic E-state index is 12.4. The van der Waals surface area contributed by atoms with Crippen molar-refractivity contribution in [1.82, 2.24) is 4.90 Å². The van der Waals surface area contributed by atoms with Crippen LogP contribution in [-0.2, 0) is 25.7 Å². The zero-order valence-corrected chi connectivity index (χ0v) is 13.6. The minimum atomic E-state index is -1.01. The standard InChI is InChI=1S/C18H21NO5/c1-3-9-18(13-20)10-11-19(15(18)16(21)23-2)17(22)24-12-14-7-5-4-6-8-14/h3-8,13,15H,1,9-12H2,2H3/t15-,18-/m1/s1. The van der Waals surface area contributed by atoms with Gasteiger partial charge in [-0.15, -0.1) is 6.58 Å². The van der Waals surface area contributed by atoms with Crippen molar-refractivity contribution in [3.05, 3.63) is 48.6 Å². The second-order valence-electron chi connectivity index (χ2n) is 5.75. The van der Waals surface area contributed by atoms with Crippen molar-refractivity contribution in [2.45, 2.75) is 25.5 Å². The molecule has 0 spiro atoms. The lowest BCUT2D eigenvalue weighted by molar-refractivity contribution is -0.150. The Balaban J connectivity index is 2.15. The predicted molar refractivity (Wildman–Crippen MR) is 87.1 cm³/mol. The van der Waals surface area contributed by atoms with Crippen LogP contribution in [0.15, 0.2) is 43.0 Å². The highest BCUT2D eigenvalue weighted by Gasteiger charge is 2.53. The first kappa shape index (κ1) is 17.7. The van der Waals surface area contributed by atoms with Crippen molar-refractivity contribution in [1.29, 1.82) is 0 Å². The number of rotatable bonds is 6. The number of methoxy groups -OCH3 is 1. The number of hydrogen-bond donors (Lipinski definition) is 0. The van der Waals surface area contributed by atoms with Crippen molar-refractivity contribution in [3.63, 3.8) is 0 Å². The van der Waals surface area contributed by atoms with Crippen LogP contribution in [-0.4, -0.2) is 42.9 Å². The minimum absolute atomic E-state index is 0.0968. The molecule has 1 aliphatic heterocycles. The molecule has 0 saturated carbocycles. The summed E-state index contributed by atoms with van der Waals surface area (Å²) in [6.07, 6.45) is 2.31. The van der Waals surface area contributed by atoms with Gasteiger partial charge in [0, 0.05) is 6.54 Å². The van der Waals surface area contributed by atoms with Gasteiger partial charge in [0.25, 0.3) is 0 Å². The van der Waals surface area contributed by atoms with Gasteiger partial charge in [-0.1, -0.05) is 36.4 Å². The smallest absolute Gasteiger partial charge is 0.410 e. The van der Waals surface area contributed by atoms with E-state index in [1.807, 2.05) is 30.3 Å². The van der Waals surface area contributed by atoms with Crippen LogP contribution >= 0.6 is 0 Å². The molecular weight excluding hydrogens is 310 g/mol. The number of benzene rings is 1. The fraction of sp³-hybridized carbons (Fsp3) is 0.389. The molecule has 1 aromatic rings. The molecule has 0 aliphatic carbocycles. The van der Waals surface area contributed by atoms with Crippen LogP contribution in [0, 0.1) is 5.41 Å². The van der Waals surface area contributed by atoms with Crippen molar-refractivity contribution < 1.29 is 23.9 Å². The first-order valence-corrected chi connectivity index (χ1v) is 7.70. The molecular formula is C18H21NO5. The molecule has 0 N–H and O–H groups in total. The number of aldehydes is 1. The molecule has 6 heteroatoms. The molecule has 1 saturated heterocycles. The summed E-state index contributed by atoms with van der Waals surface area (Å²) >= 11 is 0. The van der Waals surface area contributed by atoms with Gasteiger partial charge in [-0.2, -0.15) is 0 Å². The summed E-state index contributed by atoms with van der Waals surface area (Å²) in [5, 5.41) is 0. The topological polar surface area (TPSA) is 72.9 Å². The Morgan fingerprint density at radius 3 is 2.67 bits per heavy atom. The van der Waals surface area contributed by atoms with Gasteiger partial charge in [-0.3, -0.25) is 4.90 Å². The SMILES string of the molecule is C=CC[C@]1(C=O)CCN(C(=O)OCc2ccccc2)[C@@H]1C(=O)OC. The summed E-state index contributed by atoms with van der Waals surface area (Å²) in [5.74, 6) is -0.627. The van der Waals surface area contributed by atoms with E-state index in [9.17, 15) is 14.4 Å². The molecule has 1 aromatic carbocycles. The van der Waals surface area contributed by atoms with Crippen LogP contribution < -0.4 is 0 Å². The van der Waals surface area contributed by atoms with Crippen LogP contribution in [0.3, 0.4) is 0 Å². The largest absolute Gasteiger partial charge is 0.467 e. The zero-order chi connectivity index (χ0) is 17.6. The van der Waals surface area contributed by atoms with Gasteiger partial charge in [0.1, 0.15) is 18.9 Å². The molecule has 1 aliphatic rings. The molecule has 2 rings (SSSR count). The van der Waals surface area contributed by atoms with Crippen LogP contribution in [0.2, 0.25) is 0 Å². The van der Waals surface area contributed by atoms with E-state index in [1.54, 1.807) is 6.08 Å². The van der Waals surface area contributed by atoms with E-state index in [1.165, 1.54) is 12.0 Å². The number of carbonyl (C=O) groups excluding carboxylic acids is 3.